The van der Waals surface area contributed by atoms with Crippen molar-refractivity contribution in [3.05, 3.63) is 78.4 Å². The van der Waals surface area contributed by atoms with Crippen molar-refractivity contribution in [2.24, 2.45) is 0 Å². The number of amides is 1. The van der Waals surface area contributed by atoms with Gasteiger partial charge < -0.3 is 10.6 Å². The Morgan fingerprint density at radius 1 is 0.875 bits per heavy atom. The van der Waals surface area contributed by atoms with E-state index in [0.29, 0.717) is 0 Å². The summed E-state index contributed by atoms with van der Waals surface area (Å²) in [5.74, 6) is 0.0223. The molecule has 0 saturated carbocycles. The third-order valence-electron chi connectivity index (χ3n) is 4.36. The topological polar surface area (TPSA) is 45.7 Å². The molecule has 0 aliphatic rings. The van der Waals surface area contributed by atoms with Crippen molar-refractivity contribution < 1.29 is 10.1 Å². The molecule has 0 radical (unpaired) electrons. The Morgan fingerprint density at radius 3 is 2.33 bits per heavy atom. The summed E-state index contributed by atoms with van der Waals surface area (Å²) in [4.78, 5) is 12.6. The maximum Gasteiger partial charge on any atom is 0.282 e. The predicted molar refractivity (Wildman–Crippen MR) is 98.8 cm³/mol. The van der Waals surface area contributed by atoms with Crippen molar-refractivity contribution in [1.82, 2.24) is 0 Å². The van der Waals surface area contributed by atoms with E-state index in [1.165, 1.54) is 5.56 Å². The molecule has 0 aliphatic carbocycles. The molecule has 0 unspecified atom stereocenters. The fourth-order valence-corrected chi connectivity index (χ4v) is 2.97. The Morgan fingerprint density at radius 2 is 1.54 bits per heavy atom. The van der Waals surface area contributed by atoms with Crippen LogP contribution >= 0.6 is 0 Å². The Bertz CT molecular complexity index is 824. The molecule has 0 fully saturated rings. The SMILES string of the molecule is C[C@@H]([NH2+][C@H](C)c1ccccc1)C(=O)Nc1cccc2ccccc12. The molecule has 3 aromatic rings. The molecule has 24 heavy (non-hydrogen) atoms. The van der Waals surface area contributed by atoms with E-state index in [1.807, 2.05) is 55.5 Å². The van der Waals surface area contributed by atoms with Gasteiger partial charge in [-0.3, -0.25) is 4.79 Å². The van der Waals surface area contributed by atoms with Crippen LogP contribution in [0.5, 0.6) is 0 Å². The van der Waals surface area contributed by atoms with Crippen LogP contribution in [0, 0.1) is 0 Å². The Kier molecular flexibility index (Phi) is 4.92. The van der Waals surface area contributed by atoms with E-state index in [2.05, 4.69) is 41.8 Å². The van der Waals surface area contributed by atoms with Gasteiger partial charge in [0.15, 0.2) is 6.04 Å². The minimum Gasteiger partial charge on any atom is -0.330 e. The lowest BCUT2D eigenvalue weighted by molar-refractivity contribution is -0.709. The van der Waals surface area contributed by atoms with Gasteiger partial charge in [0, 0.05) is 16.6 Å². The lowest BCUT2D eigenvalue weighted by atomic mass is 10.1. The van der Waals surface area contributed by atoms with E-state index in [-0.39, 0.29) is 18.0 Å². The molecule has 3 aromatic carbocycles. The van der Waals surface area contributed by atoms with Gasteiger partial charge in [0.1, 0.15) is 6.04 Å². The third-order valence-corrected chi connectivity index (χ3v) is 4.36. The quantitative estimate of drug-likeness (QED) is 0.743. The molecule has 3 heteroatoms. The molecule has 1 amide bonds. The smallest absolute Gasteiger partial charge is 0.282 e. The second-order valence-corrected chi connectivity index (χ2v) is 6.20. The average Bonchev–Trinajstić information content (AvgIpc) is 2.62. The monoisotopic (exact) mass is 319 g/mol. The Hall–Kier alpha value is -2.65. The summed E-state index contributed by atoms with van der Waals surface area (Å²) in [6.45, 7) is 4.07. The normalized spacial score (nSPS) is 13.4. The first kappa shape index (κ1) is 16.2. The van der Waals surface area contributed by atoms with E-state index >= 15 is 0 Å². The molecule has 3 N–H and O–H groups in total. The van der Waals surface area contributed by atoms with Crippen molar-refractivity contribution in [3.63, 3.8) is 0 Å². The lowest BCUT2D eigenvalue weighted by Gasteiger charge is -2.17. The first-order valence-corrected chi connectivity index (χ1v) is 8.33. The fraction of sp³-hybridized carbons (Fsp3) is 0.190. The number of carbonyl (C=O) groups excluding carboxylic acids is 1. The molecule has 0 spiro atoms. The van der Waals surface area contributed by atoms with Gasteiger partial charge in [-0.2, -0.15) is 0 Å². The average molecular weight is 319 g/mol. The van der Waals surface area contributed by atoms with E-state index < -0.39 is 0 Å². The summed E-state index contributed by atoms with van der Waals surface area (Å²) in [5, 5.41) is 7.36. The van der Waals surface area contributed by atoms with Gasteiger partial charge in [-0.25, -0.2) is 0 Å². The number of hydrogen-bond donors (Lipinski definition) is 2. The zero-order valence-electron chi connectivity index (χ0n) is 14.1. The fourth-order valence-electron chi connectivity index (χ4n) is 2.97. The van der Waals surface area contributed by atoms with Crippen molar-refractivity contribution in [2.45, 2.75) is 25.9 Å². The summed E-state index contributed by atoms with van der Waals surface area (Å²) < 4.78 is 0. The first-order valence-electron chi connectivity index (χ1n) is 8.33. The molecule has 2 atom stereocenters. The number of hydrogen-bond acceptors (Lipinski definition) is 1. The van der Waals surface area contributed by atoms with E-state index in [4.69, 9.17) is 0 Å². The van der Waals surface area contributed by atoms with E-state index in [9.17, 15) is 4.79 Å². The number of benzene rings is 3. The maximum atomic E-state index is 12.6. The van der Waals surface area contributed by atoms with Crippen LogP contribution in [0.1, 0.15) is 25.5 Å². The molecule has 0 aromatic heterocycles. The molecule has 122 valence electrons. The number of fused-ring (bicyclic) bond motifs is 1. The zero-order valence-corrected chi connectivity index (χ0v) is 14.1. The van der Waals surface area contributed by atoms with Gasteiger partial charge in [-0.1, -0.05) is 66.7 Å². The third kappa shape index (κ3) is 3.63. The number of quaternary nitrogens is 1. The molecule has 3 nitrogen and oxygen atoms in total. The molecule has 3 rings (SSSR count). The summed E-state index contributed by atoms with van der Waals surface area (Å²) in [6.07, 6.45) is 0. The molecule has 0 saturated heterocycles. The van der Waals surface area contributed by atoms with Crippen LogP contribution in [-0.2, 0) is 4.79 Å². The Labute approximate surface area is 142 Å². The number of carbonyl (C=O) groups is 1. The summed E-state index contributed by atoms with van der Waals surface area (Å²) >= 11 is 0. The molecule has 0 heterocycles. The maximum absolute atomic E-state index is 12.6. The highest BCUT2D eigenvalue weighted by Crippen LogP contribution is 2.22. The van der Waals surface area contributed by atoms with Crippen LogP contribution in [0.2, 0.25) is 0 Å². The van der Waals surface area contributed by atoms with Crippen LogP contribution in [0.4, 0.5) is 5.69 Å². The minimum atomic E-state index is -0.167. The molecule has 0 aliphatic heterocycles. The van der Waals surface area contributed by atoms with Crippen LogP contribution in [0.3, 0.4) is 0 Å². The minimum absolute atomic E-state index is 0.0223. The number of rotatable bonds is 5. The van der Waals surface area contributed by atoms with Crippen LogP contribution in [-0.4, -0.2) is 11.9 Å². The highest BCUT2D eigenvalue weighted by Gasteiger charge is 2.20. The van der Waals surface area contributed by atoms with Crippen molar-refractivity contribution in [2.75, 3.05) is 5.32 Å². The molecular formula is C21H23N2O+. The largest absolute Gasteiger partial charge is 0.330 e. The van der Waals surface area contributed by atoms with Gasteiger partial charge in [-0.05, 0) is 25.3 Å². The highest BCUT2D eigenvalue weighted by atomic mass is 16.2. The second-order valence-electron chi connectivity index (χ2n) is 6.20. The summed E-state index contributed by atoms with van der Waals surface area (Å²) in [5.41, 5.74) is 2.09. The summed E-state index contributed by atoms with van der Waals surface area (Å²) in [7, 11) is 0. The van der Waals surface area contributed by atoms with Gasteiger partial charge in [0.2, 0.25) is 0 Å². The standard InChI is InChI=1S/C21H22N2O/c1-15(17-9-4-3-5-10-17)22-16(2)21(24)23-20-14-8-12-18-11-6-7-13-19(18)20/h3-16,22H,1-2H3,(H,23,24)/p+1/t15-,16-/m1/s1. The highest BCUT2D eigenvalue weighted by molar-refractivity contribution is 6.03. The molecule has 0 bridgehead atoms. The van der Waals surface area contributed by atoms with Crippen molar-refractivity contribution in [1.29, 1.82) is 0 Å². The predicted octanol–water partition coefficient (Wildman–Crippen LogP) is 3.49. The van der Waals surface area contributed by atoms with E-state index in [1.54, 1.807) is 0 Å². The van der Waals surface area contributed by atoms with Crippen molar-refractivity contribution >= 4 is 22.4 Å². The second kappa shape index (κ2) is 7.28. The Balaban J connectivity index is 1.70. The lowest BCUT2D eigenvalue weighted by Crippen LogP contribution is -2.91. The number of anilines is 1. The van der Waals surface area contributed by atoms with Gasteiger partial charge in [-0.15, -0.1) is 0 Å². The molecular weight excluding hydrogens is 296 g/mol. The van der Waals surface area contributed by atoms with Gasteiger partial charge in [0.25, 0.3) is 5.91 Å². The van der Waals surface area contributed by atoms with E-state index in [0.717, 1.165) is 16.5 Å². The van der Waals surface area contributed by atoms with Crippen molar-refractivity contribution in [3.8, 4) is 0 Å². The van der Waals surface area contributed by atoms with Crippen LogP contribution in [0.15, 0.2) is 72.8 Å². The summed E-state index contributed by atoms with van der Waals surface area (Å²) in [6, 6.07) is 24.4. The van der Waals surface area contributed by atoms with Crippen LogP contribution < -0.4 is 10.6 Å². The number of nitrogens with one attached hydrogen (secondary N) is 1. The van der Waals surface area contributed by atoms with Gasteiger partial charge in [0.05, 0.1) is 0 Å². The van der Waals surface area contributed by atoms with Crippen LogP contribution in [0.25, 0.3) is 10.8 Å². The van der Waals surface area contributed by atoms with Gasteiger partial charge >= 0.3 is 0 Å². The zero-order chi connectivity index (χ0) is 16.9. The number of nitrogens with two attached hydrogens (primary N) is 1. The first-order chi connectivity index (χ1) is 11.6.